The standard InChI is InChI=1S/C19H21N3O4S2/c1-2-22-17-8-7-16(13-18(17)27-19(22)23)28(24,25)20-14-3-5-15(6-4-14)21-9-11-26-12-10-21/h3-8,13,20H,2,9-12H2,1H3. The van der Waals surface area contributed by atoms with Gasteiger partial charge in [-0.3, -0.25) is 14.1 Å². The van der Waals surface area contributed by atoms with Gasteiger partial charge in [-0.2, -0.15) is 0 Å². The Bertz CT molecular complexity index is 1140. The lowest BCUT2D eigenvalue weighted by Crippen LogP contribution is -2.36. The van der Waals surface area contributed by atoms with Gasteiger partial charge in [-0.15, -0.1) is 0 Å². The maximum Gasteiger partial charge on any atom is 0.308 e. The molecule has 148 valence electrons. The Morgan fingerprint density at radius 1 is 1.11 bits per heavy atom. The predicted octanol–water partition coefficient (Wildman–Crippen LogP) is 2.72. The minimum atomic E-state index is -3.74. The van der Waals surface area contributed by atoms with Crippen molar-refractivity contribution in [3.63, 3.8) is 0 Å². The largest absolute Gasteiger partial charge is 0.378 e. The maximum atomic E-state index is 12.8. The molecule has 1 aliphatic rings. The van der Waals surface area contributed by atoms with E-state index >= 15 is 0 Å². The van der Waals surface area contributed by atoms with E-state index in [1.807, 2.05) is 19.1 Å². The monoisotopic (exact) mass is 419 g/mol. The average molecular weight is 420 g/mol. The number of hydrogen-bond acceptors (Lipinski definition) is 6. The molecule has 0 radical (unpaired) electrons. The average Bonchev–Trinajstić information content (AvgIpc) is 3.03. The molecule has 4 rings (SSSR count). The Balaban J connectivity index is 1.57. The highest BCUT2D eigenvalue weighted by Gasteiger charge is 2.17. The van der Waals surface area contributed by atoms with E-state index in [-0.39, 0.29) is 9.77 Å². The van der Waals surface area contributed by atoms with Crippen LogP contribution in [0.15, 0.2) is 52.2 Å². The lowest BCUT2D eigenvalue weighted by molar-refractivity contribution is 0.122. The molecule has 2 heterocycles. The molecule has 0 amide bonds. The molecule has 9 heteroatoms. The summed E-state index contributed by atoms with van der Waals surface area (Å²) < 4.78 is 35.8. The summed E-state index contributed by atoms with van der Waals surface area (Å²) in [5, 5.41) is 0. The van der Waals surface area contributed by atoms with Gasteiger partial charge in [-0.05, 0) is 49.4 Å². The molecule has 0 bridgehead atoms. The minimum absolute atomic E-state index is 0.0845. The first kappa shape index (κ1) is 19.0. The van der Waals surface area contributed by atoms with Crippen LogP contribution in [0.3, 0.4) is 0 Å². The van der Waals surface area contributed by atoms with Gasteiger partial charge >= 0.3 is 4.87 Å². The van der Waals surface area contributed by atoms with Gasteiger partial charge in [0.2, 0.25) is 0 Å². The van der Waals surface area contributed by atoms with Crippen molar-refractivity contribution < 1.29 is 13.2 Å². The summed E-state index contributed by atoms with van der Waals surface area (Å²) in [5.74, 6) is 0. The molecule has 0 spiro atoms. The number of ether oxygens (including phenoxy) is 1. The van der Waals surface area contributed by atoms with Gasteiger partial charge in [0.25, 0.3) is 10.0 Å². The molecule has 1 saturated heterocycles. The molecule has 0 atom stereocenters. The normalized spacial score (nSPS) is 15.1. The van der Waals surface area contributed by atoms with Gasteiger partial charge in [0.1, 0.15) is 0 Å². The van der Waals surface area contributed by atoms with Crippen LogP contribution in [0.2, 0.25) is 0 Å². The van der Waals surface area contributed by atoms with Crippen molar-refractivity contribution >= 4 is 43.0 Å². The smallest absolute Gasteiger partial charge is 0.308 e. The molecule has 1 aliphatic heterocycles. The third-order valence-electron chi connectivity index (χ3n) is 4.76. The highest BCUT2D eigenvalue weighted by molar-refractivity contribution is 7.92. The second-order valence-corrected chi connectivity index (χ2v) is 9.17. The molecule has 28 heavy (non-hydrogen) atoms. The number of aromatic nitrogens is 1. The van der Waals surface area contributed by atoms with Crippen LogP contribution in [0.4, 0.5) is 11.4 Å². The molecule has 2 aromatic carbocycles. The highest BCUT2D eigenvalue weighted by atomic mass is 32.2. The summed E-state index contributed by atoms with van der Waals surface area (Å²) in [6, 6.07) is 12.1. The van der Waals surface area contributed by atoms with Crippen LogP contribution in [-0.2, 0) is 21.3 Å². The summed E-state index contributed by atoms with van der Waals surface area (Å²) in [4.78, 5) is 14.2. The van der Waals surface area contributed by atoms with Gasteiger partial charge in [-0.25, -0.2) is 8.42 Å². The van der Waals surface area contributed by atoms with Crippen molar-refractivity contribution in [2.24, 2.45) is 0 Å². The van der Waals surface area contributed by atoms with E-state index < -0.39 is 10.0 Å². The topological polar surface area (TPSA) is 80.6 Å². The molecule has 1 aromatic heterocycles. The van der Waals surface area contributed by atoms with Crippen LogP contribution in [0.25, 0.3) is 10.2 Å². The lowest BCUT2D eigenvalue weighted by Gasteiger charge is -2.28. The summed E-state index contributed by atoms with van der Waals surface area (Å²) in [7, 11) is -3.74. The van der Waals surface area contributed by atoms with Crippen molar-refractivity contribution in [1.29, 1.82) is 0 Å². The fourth-order valence-electron chi connectivity index (χ4n) is 3.29. The number of nitrogens with one attached hydrogen (secondary N) is 1. The van der Waals surface area contributed by atoms with Crippen molar-refractivity contribution in [3.05, 3.63) is 52.1 Å². The van der Waals surface area contributed by atoms with E-state index in [9.17, 15) is 13.2 Å². The number of nitrogens with zero attached hydrogens (tertiary/aromatic N) is 2. The second-order valence-electron chi connectivity index (χ2n) is 6.49. The lowest BCUT2D eigenvalue weighted by atomic mass is 10.2. The molecule has 0 saturated carbocycles. The van der Waals surface area contributed by atoms with Crippen molar-refractivity contribution in [2.45, 2.75) is 18.4 Å². The quantitative estimate of drug-likeness (QED) is 0.688. The van der Waals surface area contributed by atoms with Crippen LogP contribution in [0.5, 0.6) is 0 Å². The number of morpholine rings is 1. The Kier molecular flexibility index (Phi) is 5.13. The highest BCUT2D eigenvalue weighted by Crippen LogP contribution is 2.25. The number of aryl methyl sites for hydroxylation is 1. The van der Waals surface area contributed by atoms with Crippen LogP contribution < -0.4 is 14.5 Å². The van der Waals surface area contributed by atoms with Gasteiger partial charge in [0.15, 0.2) is 0 Å². The van der Waals surface area contributed by atoms with E-state index in [0.29, 0.717) is 30.1 Å². The van der Waals surface area contributed by atoms with Gasteiger partial charge in [0, 0.05) is 31.0 Å². The number of thiazole rings is 1. The summed E-state index contributed by atoms with van der Waals surface area (Å²) in [6.45, 7) is 5.49. The zero-order valence-electron chi connectivity index (χ0n) is 15.4. The Morgan fingerprint density at radius 3 is 2.50 bits per heavy atom. The fourth-order valence-corrected chi connectivity index (χ4v) is 5.44. The molecule has 0 aliphatic carbocycles. The van der Waals surface area contributed by atoms with Gasteiger partial charge in [0.05, 0.1) is 28.3 Å². The molecule has 1 N–H and O–H groups in total. The SMILES string of the molecule is CCn1c(=O)sc2cc(S(=O)(=O)Nc3ccc(N4CCOCC4)cc3)ccc21. The van der Waals surface area contributed by atoms with Gasteiger partial charge in [-0.1, -0.05) is 11.3 Å². The molecular weight excluding hydrogens is 398 g/mol. The predicted molar refractivity (Wildman–Crippen MR) is 112 cm³/mol. The second kappa shape index (κ2) is 7.57. The molecular formula is C19H21N3O4S2. The van der Waals surface area contributed by atoms with Crippen LogP contribution >= 0.6 is 11.3 Å². The van der Waals surface area contributed by atoms with Gasteiger partial charge < -0.3 is 9.64 Å². The first-order valence-electron chi connectivity index (χ1n) is 9.07. The van der Waals surface area contributed by atoms with E-state index in [1.165, 1.54) is 6.07 Å². The summed E-state index contributed by atoms with van der Waals surface area (Å²) >= 11 is 1.06. The van der Waals surface area contributed by atoms with E-state index in [1.54, 1.807) is 28.8 Å². The third kappa shape index (κ3) is 3.65. The summed E-state index contributed by atoms with van der Waals surface area (Å²) in [5.41, 5.74) is 2.29. The Labute approximate surface area is 167 Å². The number of anilines is 2. The number of fused-ring (bicyclic) bond motifs is 1. The third-order valence-corrected chi connectivity index (χ3v) is 7.08. The van der Waals surface area contributed by atoms with E-state index in [2.05, 4.69) is 9.62 Å². The molecule has 7 nitrogen and oxygen atoms in total. The van der Waals surface area contributed by atoms with E-state index in [4.69, 9.17) is 4.74 Å². The fraction of sp³-hybridized carbons (Fsp3) is 0.316. The Hall–Kier alpha value is -2.36. The summed E-state index contributed by atoms with van der Waals surface area (Å²) in [6.07, 6.45) is 0. The maximum absolute atomic E-state index is 12.8. The molecule has 3 aromatic rings. The van der Waals surface area contributed by atoms with Crippen molar-refractivity contribution in [3.8, 4) is 0 Å². The first-order valence-corrected chi connectivity index (χ1v) is 11.4. The number of sulfonamides is 1. The van der Waals surface area contributed by atoms with Crippen LogP contribution in [0.1, 0.15) is 6.92 Å². The minimum Gasteiger partial charge on any atom is -0.378 e. The van der Waals surface area contributed by atoms with Crippen molar-refractivity contribution in [2.75, 3.05) is 35.9 Å². The van der Waals surface area contributed by atoms with Crippen LogP contribution in [0, 0.1) is 0 Å². The van der Waals surface area contributed by atoms with Crippen molar-refractivity contribution in [1.82, 2.24) is 4.57 Å². The number of rotatable bonds is 5. The molecule has 0 unspecified atom stereocenters. The Morgan fingerprint density at radius 2 is 1.82 bits per heavy atom. The number of hydrogen-bond donors (Lipinski definition) is 1. The zero-order valence-corrected chi connectivity index (χ0v) is 17.1. The number of benzene rings is 2. The molecule has 1 fully saturated rings. The van der Waals surface area contributed by atoms with E-state index in [0.717, 1.165) is 35.6 Å². The zero-order chi connectivity index (χ0) is 19.7. The first-order chi connectivity index (χ1) is 13.5. The van der Waals surface area contributed by atoms with Crippen LogP contribution in [-0.4, -0.2) is 39.3 Å².